The van der Waals surface area contributed by atoms with Crippen LogP contribution in [-0.4, -0.2) is 45.2 Å². The van der Waals surface area contributed by atoms with Gasteiger partial charge in [0, 0.05) is 78.6 Å². The predicted molar refractivity (Wildman–Crippen MR) is 183 cm³/mol. The number of rotatable bonds is 10. The second kappa shape index (κ2) is 11.8. The monoisotopic (exact) mass is 572 g/mol. The van der Waals surface area contributed by atoms with Crippen molar-refractivity contribution in [2.75, 3.05) is 54.0 Å². The van der Waals surface area contributed by atoms with Gasteiger partial charge in [0.15, 0.2) is 5.60 Å². The molecular weight excluding hydrogens is 528 g/mol. The number of aliphatic imine (C=N–C) groups is 1. The van der Waals surface area contributed by atoms with Crippen molar-refractivity contribution in [1.29, 1.82) is 0 Å². The minimum absolute atomic E-state index is 0.657. The quantitative estimate of drug-likeness (QED) is 0.190. The Morgan fingerprint density at radius 3 is 1.44 bits per heavy atom. The zero-order chi connectivity index (χ0) is 30.1. The van der Waals surface area contributed by atoms with Crippen LogP contribution in [0.1, 0.15) is 63.8 Å². The maximum atomic E-state index is 7.27. The van der Waals surface area contributed by atoms with Crippen molar-refractivity contribution in [2.24, 2.45) is 4.99 Å². The molecule has 5 heteroatoms. The third kappa shape index (κ3) is 4.66. The fourth-order valence-corrected chi connectivity index (χ4v) is 6.97. The molecule has 5 nitrogen and oxygen atoms in total. The number of fused-ring (bicyclic) bond motifs is 7. The first-order chi connectivity index (χ1) is 21.0. The van der Waals surface area contributed by atoms with Crippen molar-refractivity contribution in [1.82, 2.24) is 0 Å². The van der Waals surface area contributed by atoms with E-state index in [1.165, 1.54) is 39.3 Å². The Hall–Kier alpha value is -4.25. The number of benzene rings is 4. The van der Waals surface area contributed by atoms with E-state index in [-0.39, 0.29) is 0 Å². The first kappa shape index (κ1) is 28.9. The first-order valence-electron chi connectivity index (χ1n) is 16.0. The van der Waals surface area contributed by atoms with Gasteiger partial charge < -0.3 is 19.4 Å². The summed E-state index contributed by atoms with van der Waals surface area (Å²) in [5.41, 5.74) is 10.7. The summed E-state index contributed by atoms with van der Waals surface area (Å²) in [6.45, 7) is 19.0. The van der Waals surface area contributed by atoms with Gasteiger partial charge in [0.05, 0.1) is 5.69 Å². The molecule has 6 rings (SSSR count). The lowest BCUT2D eigenvalue weighted by molar-refractivity contribution is 0.142. The smallest absolute Gasteiger partial charge is 0.222 e. The van der Waals surface area contributed by atoms with Crippen LogP contribution in [0.2, 0.25) is 0 Å². The number of ether oxygens (including phenoxy) is 1. The molecule has 0 amide bonds. The third-order valence-electron chi connectivity index (χ3n) is 9.29. The molecule has 1 spiro atoms. The molecule has 4 aromatic rings. The van der Waals surface area contributed by atoms with Crippen LogP contribution in [0, 0.1) is 0 Å². The minimum atomic E-state index is -0.807. The summed E-state index contributed by atoms with van der Waals surface area (Å²) in [7, 11) is 0. The lowest BCUT2D eigenvalue weighted by Crippen LogP contribution is -2.36. The Bertz CT molecular complexity index is 1570. The maximum absolute atomic E-state index is 7.27. The summed E-state index contributed by atoms with van der Waals surface area (Å²) in [6, 6.07) is 31.0. The van der Waals surface area contributed by atoms with Gasteiger partial charge in [-0.1, -0.05) is 36.4 Å². The van der Waals surface area contributed by atoms with Gasteiger partial charge in [0.2, 0.25) is 5.90 Å². The van der Waals surface area contributed by atoms with Crippen molar-refractivity contribution >= 4 is 28.6 Å². The molecule has 0 bridgehead atoms. The number of hydrogen-bond donors (Lipinski definition) is 0. The van der Waals surface area contributed by atoms with Crippen LogP contribution in [0.5, 0.6) is 0 Å². The van der Waals surface area contributed by atoms with E-state index in [4.69, 9.17) is 9.73 Å². The second-order valence-corrected chi connectivity index (χ2v) is 11.2. The van der Waals surface area contributed by atoms with Gasteiger partial charge in [-0.25, -0.2) is 4.99 Å². The van der Waals surface area contributed by atoms with Crippen LogP contribution in [0.15, 0.2) is 89.9 Å². The lowest BCUT2D eigenvalue weighted by Gasteiger charge is -2.38. The summed E-state index contributed by atoms with van der Waals surface area (Å²) in [5.74, 6) is 0.657. The molecular formula is C38H44N4O. The zero-order valence-corrected chi connectivity index (χ0v) is 26.5. The largest absolute Gasteiger partial charge is 0.456 e. The van der Waals surface area contributed by atoms with E-state index in [0.717, 1.165) is 56.1 Å². The second-order valence-electron chi connectivity index (χ2n) is 11.2. The highest BCUT2D eigenvalue weighted by molar-refractivity contribution is 6.00. The molecule has 1 heterocycles. The lowest BCUT2D eigenvalue weighted by atomic mass is 9.81. The van der Waals surface area contributed by atoms with Gasteiger partial charge in [-0.15, -0.1) is 0 Å². The Balaban J connectivity index is 1.65. The SMILES string of the molecule is CCN(CC)c1ccc2c(c1)N=C(c1ccccc1)OC21c2ccc(N(CC)CC)cc2-c2cc(N(CC)CC)ccc21. The van der Waals surface area contributed by atoms with Crippen LogP contribution < -0.4 is 14.7 Å². The summed E-state index contributed by atoms with van der Waals surface area (Å²) < 4.78 is 7.27. The van der Waals surface area contributed by atoms with Crippen molar-refractivity contribution in [3.05, 3.63) is 107 Å². The van der Waals surface area contributed by atoms with Crippen LogP contribution in [0.3, 0.4) is 0 Å². The Labute approximate surface area is 257 Å². The summed E-state index contributed by atoms with van der Waals surface area (Å²) in [4.78, 5) is 12.4. The van der Waals surface area contributed by atoms with Gasteiger partial charge in [-0.05, 0) is 101 Å². The Kier molecular flexibility index (Phi) is 7.91. The molecule has 1 aliphatic carbocycles. The first-order valence-corrected chi connectivity index (χ1v) is 16.0. The molecule has 0 saturated carbocycles. The molecule has 0 atom stereocenters. The molecule has 2 aliphatic rings. The molecule has 0 radical (unpaired) electrons. The molecule has 43 heavy (non-hydrogen) atoms. The van der Waals surface area contributed by atoms with E-state index in [1.807, 2.05) is 6.07 Å². The molecule has 4 aromatic carbocycles. The van der Waals surface area contributed by atoms with E-state index in [2.05, 4.69) is 135 Å². The molecule has 222 valence electrons. The summed E-state index contributed by atoms with van der Waals surface area (Å²) in [6.07, 6.45) is 0. The maximum Gasteiger partial charge on any atom is 0.222 e. The highest BCUT2D eigenvalue weighted by Crippen LogP contribution is 2.58. The standard InChI is InChI=1S/C38H44N4O/c1-7-40(8-2)28-18-21-33-31(24-28)32-25-29(41(9-3)10-4)19-22-34(32)38(33)35-23-20-30(42(11-5)12-6)26-36(35)39-37(43-38)27-16-14-13-15-17-27/h13-26H,7-12H2,1-6H3. The molecule has 0 aromatic heterocycles. The summed E-state index contributed by atoms with van der Waals surface area (Å²) in [5, 5.41) is 0. The van der Waals surface area contributed by atoms with E-state index in [9.17, 15) is 0 Å². The van der Waals surface area contributed by atoms with Crippen LogP contribution in [-0.2, 0) is 10.3 Å². The van der Waals surface area contributed by atoms with Crippen molar-refractivity contribution in [2.45, 2.75) is 47.1 Å². The third-order valence-corrected chi connectivity index (χ3v) is 9.29. The minimum Gasteiger partial charge on any atom is -0.456 e. The fraction of sp³-hybridized carbons (Fsp3) is 0.342. The Morgan fingerprint density at radius 2 is 0.977 bits per heavy atom. The van der Waals surface area contributed by atoms with E-state index in [0.29, 0.717) is 5.90 Å². The predicted octanol–water partition coefficient (Wildman–Crippen LogP) is 8.61. The normalized spacial score (nSPS) is 14.0. The molecule has 0 fully saturated rings. The number of hydrogen-bond acceptors (Lipinski definition) is 5. The van der Waals surface area contributed by atoms with E-state index >= 15 is 0 Å². The van der Waals surface area contributed by atoms with Crippen LogP contribution in [0.4, 0.5) is 22.7 Å². The van der Waals surface area contributed by atoms with Crippen LogP contribution >= 0.6 is 0 Å². The average Bonchev–Trinajstić information content (AvgIpc) is 3.31. The van der Waals surface area contributed by atoms with E-state index in [1.54, 1.807) is 0 Å². The number of nitrogens with zero attached hydrogens (tertiary/aromatic N) is 4. The van der Waals surface area contributed by atoms with Gasteiger partial charge >= 0.3 is 0 Å². The van der Waals surface area contributed by atoms with Crippen molar-refractivity contribution < 1.29 is 4.74 Å². The molecule has 1 aliphatic heterocycles. The van der Waals surface area contributed by atoms with Gasteiger partial charge in [0.1, 0.15) is 0 Å². The average molecular weight is 573 g/mol. The molecule has 0 saturated heterocycles. The number of anilines is 3. The zero-order valence-electron chi connectivity index (χ0n) is 26.5. The van der Waals surface area contributed by atoms with Gasteiger partial charge in [-0.3, -0.25) is 0 Å². The molecule has 0 unspecified atom stereocenters. The van der Waals surface area contributed by atoms with Crippen molar-refractivity contribution in [3.8, 4) is 11.1 Å². The fourth-order valence-electron chi connectivity index (χ4n) is 6.97. The van der Waals surface area contributed by atoms with Gasteiger partial charge in [-0.2, -0.15) is 0 Å². The summed E-state index contributed by atoms with van der Waals surface area (Å²) >= 11 is 0. The molecule has 0 N–H and O–H groups in total. The van der Waals surface area contributed by atoms with Crippen molar-refractivity contribution in [3.63, 3.8) is 0 Å². The van der Waals surface area contributed by atoms with Crippen LogP contribution in [0.25, 0.3) is 11.1 Å². The highest BCUT2D eigenvalue weighted by atomic mass is 16.5. The highest BCUT2D eigenvalue weighted by Gasteiger charge is 2.51. The Morgan fingerprint density at radius 1 is 0.535 bits per heavy atom. The topological polar surface area (TPSA) is 31.3 Å². The van der Waals surface area contributed by atoms with E-state index < -0.39 is 5.60 Å². The van der Waals surface area contributed by atoms with Gasteiger partial charge in [0.25, 0.3) is 0 Å².